The standard InChI is InChI=1S/C42H50FN2O11PS/c1-30(2)24-45(58(49,50)36-19-15-34(43)16-20-36)25-39(46)38(44-42(47)56-40-28-52-41-37(40)21-22-51-41)23-31-13-17-35(18-14-31)53-29-57(48,54-26-32-9-5-3-6-10-32)55-27-33-11-7-4-8-12-33/h3-20,30,37-41,46H,21-29H2,1-2H3,(H,44,47)/t37-,38-,39+,40?,41+/m0/s1. The molecule has 58 heavy (non-hydrogen) atoms. The van der Waals surface area contributed by atoms with Gasteiger partial charge < -0.3 is 38.4 Å². The number of aliphatic hydroxyl groups excluding tert-OH is 1. The van der Waals surface area contributed by atoms with Gasteiger partial charge in [0.1, 0.15) is 17.7 Å². The monoisotopic (exact) mass is 840 g/mol. The van der Waals surface area contributed by atoms with E-state index in [2.05, 4.69) is 5.32 Å². The van der Waals surface area contributed by atoms with E-state index >= 15 is 0 Å². The van der Waals surface area contributed by atoms with E-state index in [9.17, 15) is 27.3 Å². The number of nitrogens with one attached hydrogen (secondary N) is 1. The molecule has 2 N–H and O–H groups in total. The summed E-state index contributed by atoms with van der Waals surface area (Å²) in [5.41, 5.74) is 2.29. The summed E-state index contributed by atoms with van der Waals surface area (Å²) in [4.78, 5) is 13.2. The van der Waals surface area contributed by atoms with E-state index in [0.29, 0.717) is 24.3 Å². The van der Waals surface area contributed by atoms with Crippen LogP contribution in [0.15, 0.2) is 114 Å². The highest BCUT2D eigenvalue weighted by molar-refractivity contribution is 7.89. The van der Waals surface area contributed by atoms with Crippen LogP contribution in [0.5, 0.6) is 5.75 Å². The van der Waals surface area contributed by atoms with Crippen molar-refractivity contribution in [3.8, 4) is 5.75 Å². The van der Waals surface area contributed by atoms with Crippen LogP contribution in [-0.2, 0) is 57.5 Å². The Labute approximate surface area is 338 Å². The quantitative estimate of drug-likeness (QED) is 0.0893. The summed E-state index contributed by atoms with van der Waals surface area (Å²) in [7, 11) is -7.93. The van der Waals surface area contributed by atoms with Crippen molar-refractivity contribution in [1.29, 1.82) is 0 Å². The average Bonchev–Trinajstić information content (AvgIpc) is 3.85. The second-order valence-electron chi connectivity index (χ2n) is 14.7. The number of carbonyl (C=O) groups is 1. The number of carbonyl (C=O) groups excluding carboxylic acids is 1. The largest absolute Gasteiger partial charge is 0.481 e. The Morgan fingerprint density at radius 1 is 0.879 bits per heavy atom. The van der Waals surface area contributed by atoms with Crippen LogP contribution in [0.4, 0.5) is 9.18 Å². The SMILES string of the molecule is CC(C)CN(C[C@@H](O)[C@H](Cc1ccc(OCP(=O)(OCc2ccccc2)OCc2ccccc2)cc1)NC(=O)OC1CO[C@H]2OCC[C@@H]12)S(=O)(=O)c1ccc(F)cc1. The first kappa shape index (κ1) is 43.4. The molecule has 0 spiro atoms. The van der Waals surface area contributed by atoms with Gasteiger partial charge in [-0.05, 0) is 71.8 Å². The number of ether oxygens (including phenoxy) is 4. The lowest BCUT2D eigenvalue weighted by molar-refractivity contribution is -0.0907. The number of benzene rings is 4. The molecule has 312 valence electrons. The van der Waals surface area contributed by atoms with Crippen molar-refractivity contribution in [3.05, 3.63) is 132 Å². The van der Waals surface area contributed by atoms with E-state index in [-0.39, 0.29) is 62.4 Å². The molecule has 0 saturated carbocycles. The van der Waals surface area contributed by atoms with Crippen LogP contribution in [-0.4, -0.2) is 81.1 Å². The number of alkyl carbamates (subject to hydrolysis) is 1. The Morgan fingerprint density at radius 3 is 2.10 bits per heavy atom. The van der Waals surface area contributed by atoms with E-state index in [4.69, 9.17) is 28.0 Å². The number of halogens is 1. The highest BCUT2D eigenvalue weighted by atomic mass is 32.2. The van der Waals surface area contributed by atoms with Crippen LogP contribution in [0.2, 0.25) is 0 Å². The Morgan fingerprint density at radius 2 is 1.50 bits per heavy atom. The number of rotatable bonds is 20. The minimum atomic E-state index is -4.16. The number of sulfonamides is 1. The molecule has 0 bridgehead atoms. The molecule has 0 radical (unpaired) electrons. The molecule has 6 rings (SSSR count). The average molecular weight is 841 g/mol. The van der Waals surface area contributed by atoms with Crippen molar-refractivity contribution in [1.82, 2.24) is 9.62 Å². The van der Waals surface area contributed by atoms with Crippen LogP contribution in [0.25, 0.3) is 0 Å². The van der Waals surface area contributed by atoms with Gasteiger partial charge in [0.25, 0.3) is 0 Å². The molecule has 2 saturated heterocycles. The fourth-order valence-electron chi connectivity index (χ4n) is 6.66. The fourth-order valence-corrected chi connectivity index (χ4v) is 9.50. The van der Waals surface area contributed by atoms with Gasteiger partial charge in [-0.25, -0.2) is 17.6 Å². The van der Waals surface area contributed by atoms with Gasteiger partial charge in [0, 0.05) is 13.1 Å². The molecule has 0 aromatic heterocycles. The number of hydrogen-bond acceptors (Lipinski definition) is 11. The van der Waals surface area contributed by atoms with Gasteiger partial charge in [-0.15, -0.1) is 0 Å². The zero-order valence-corrected chi connectivity index (χ0v) is 34.1. The summed E-state index contributed by atoms with van der Waals surface area (Å²) in [6.45, 7) is 4.11. The lowest BCUT2D eigenvalue weighted by atomic mass is 10.0. The zero-order chi connectivity index (χ0) is 41.1. The van der Waals surface area contributed by atoms with Gasteiger partial charge in [0.15, 0.2) is 12.6 Å². The topological polar surface area (TPSA) is 159 Å². The van der Waals surface area contributed by atoms with E-state index in [1.54, 1.807) is 24.3 Å². The number of aliphatic hydroxyl groups is 1. The number of amides is 1. The molecule has 4 aromatic rings. The van der Waals surface area contributed by atoms with Gasteiger partial charge in [0.05, 0.1) is 49.4 Å². The summed E-state index contributed by atoms with van der Waals surface area (Å²) in [6, 6.07) is 28.8. The molecule has 4 aromatic carbocycles. The third-order valence-electron chi connectivity index (χ3n) is 9.73. The third kappa shape index (κ3) is 12.2. The molecule has 5 atom stereocenters. The second kappa shape index (κ2) is 20.2. The summed E-state index contributed by atoms with van der Waals surface area (Å²) >= 11 is 0. The van der Waals surface area contributed by atoms with Gasteiger partial charge in [-0.1, -0.05) is 86.6 Å². The van der Waals surface area contributed by atoms with E-state index < -0.39 is 54.1 Å². The first-order valence-electron chi connectivity index (χ1n) is 19.2. The summed E-state index contributed by atoms with van der Waals surface area (Å²) < 4.78 is 90.8. The number of fused-ring (bicyclic) bond motifs is 1. The van der Waals surface area contributed by atoms with Crippen LogP contribution in [0.3, 0.4) is 0 Å². The normalized spacial score (nSPS) is 19.2. The first-order chi connectivity index (χ1) is 27.9. The molecule has 16 heteroatoms. The minimum absolute atomic E-state index is 0.0520. The number of hydrogen-bond donors (Lipinski definition) is 2. The molecule has 2 aliphatic rings. The molecule has 0 aliphatic carbocycles. The smallest absolute Gasteiger partial charge is 0.407 e. The highest BCUT2D eigenvalue weighted by Gasteiger charge is 2.44. The predicted molar refractivity (Wildman–Crippen MR) is 213 cm³/mol. The number of nitrogens with zero attached hydrogens (tertiary/aromatic N) is 1. The van der Waals surface area contributed by atoms with Crippen molar-refractivity contribution >= 4 is 23.7 Å². The molecular weight excluding hydrogens is 791 g/mol. The van der Waals surface area contributed by atoms with Crippen molar-refractivity contribution in [2.24, 2.45) is 11.8 Å². The fraction of sp³-hybridized carbons (Fsp3) is 0.405. The van der Waals surface area contributed by atoms with Gasteiger partial charge in [-0.2, -0.15) is 4.31 Å². The van der Waals surface area contributed by atoms with Crippen LogP contribution in [0, 0.1) is 17.7 Å². The highest BCUT2D eigenvalue weighted by Crippen LogP contribution is 2.50. The Bertz CT molecular complexity index is 2020. The van der Waals surface area contributed by atoms with Crippen molar-refractivity contribution in [2.75, 3.05) is 32.7 Å². The van der Waals surface area contributed by atoms with Gasteiger partial charge >= 0.3 is 13.7 Å². The predicted octanol–water partition coefficient (Wildman–Crippen LogP) is 6.90. The Balaban J connectivity index is 1.15. The third-order valence-corrected chi connectivity index (χ3v) is 13.1. The van der Waals surface area contributed by atoms with Gasteiger partial charge in [-0.3, -0.25) is 4.57 Å². The second-order valence-corrected chi connectivity index (χ2v) is 18.6. The van der Waals surface area contributed by atoms with Crippen molar-refractivity contribution in [2.45, 2.75) is 69.3 Å². The van der Waals surface area contributed by atoms with Crippen molar-refractivity contribution in [3.63, 3.8) is 0 Å². The zero-order valence-electron chi connectivity index (χ0n) is 32.4. The van der Waals surface area contributed by atoms with Crippen LogP contribution in [0.1, 0.15) is 37.0 Å². The summed E-state index contributed by atoms with van der Waals surface area (Å²) in [5.74, 6) is -0.466. The molecule has 2 heterocycles. The maximum absolute atomic E-state index is 13.9. The Kier molecular flexibility index (Phi) is 15.1. The molecule has 13 nitrogen and oxygen atoms in total. The van der Waals surface area contributed by atoms with E-state index in [1.165, 1.54) is 12.1 Å². The molecule has 2 aliphatic heterocycles. The Hall–Kier alpha value is -4.18. The summed E-state index contributed by atoms with van der Waals surface area (Å²) in [5, 5.41) is 14.5. The van der Waals surface area contributed by atoms with Gasteiger partial charge in [0.2, 0.25) is 10.0 Å². The lowest BCUT2D eigenvalue weighted by Crippen LogP contribution is -2.51. The first-order valence-corrected chi connectivity index (χ1v) is 22.4. The van der Waals surface area contributed by atoms with Crippen molar-refractivity contribution < 1.29 is 55.3 Å². The molecular formula is C42H50FN2O11PS. The minimum Gasteiger partial charge on any atom is -0.481 e. The molecule has 2 fully saturated rings. The van der Waals surface area contributed by atoms with E-state index in [0.717, 1.165) is 27.6 Å². The molecule has 1 amide bonds. The summed E-state index contributed by atoms with van der Waals surface area (Å²) in [6.07, 6.45) is -2.84. The van der Waals surface area contributed by atoms with E-state index in [1.807, 2.05) is 74.5 Å². The lowest BCUT2D eigenvalue weighted by Gasteiger charge is -2.31. The van der Waals surface area contributed by atoms with Crippen LogP contribution < -0.4 is 10.1 Å². The van der Waals surface area contributed by atoms with Crippen LogP contribution >= 0.6 is 7.60 Å². The maximum Gasteiger partial charge on any atom is 0.407 e. The maximum atomic E-state index is 13.9. The molecule has 1 unspecified atom stereocenters.